The van der Waals surface area contributed by atoms with Crippen molar-refractivity contribution in [2.24, 2.45) is 0 Å². The highest BCUT2D eigenvalue weighted by Gasteiger charge is 2.18. The Morgan fingerprint density at radius 3 is 2.83 bits per heavy atom. The van der Waals surface area contributed by atoms with Crippen LogP contribution in [0, 0.1) is 0 Å². The molecule has 0 aliphatic carbocycles. The molecule has 1 aliphatic rings. The van der Waals surface area contributed by atoms with Crippen molar-refractivity contribution in [1.29, 1.82) is 0 Å². The third-order valence-corrected chi connectivity index (χ3v) is 3.12. The Morgan fingerprint density at radius 1 is 1.44 bits per heavy atom. The lowest BCUT2D eigenvalue weighted by Crippen LogP contribution is -2.36. The van der Waals surface area contributed by atoms with Gasteiger partial charge in [0.1, 0.15) is 0 Å². The molecule has 1 saturated heterocycles. The Labute approximate surface area is 108 Å². The van der Waals surface area contributed by atoms with E-state index in [0.29, 0.717) is 19.3 Å². The van der Waals surface area contributed by atoms with Gasteiger partial charge in [0.15, 0.2) is 0 Å². The van der Waals surface area contributed by atoms with Gasteiger partial charge >= 0.3 is 5.97 Å². The summed E-state index contributed by atoms with van der Waals surface area (Å²) in [7, 11) is 0. The van der Waals surface area contributed by atoms with Crippen molar-refractivity contribution < 1.29 is 19.4 Å². The van der Waals surface area contributed by atoms with Crippen molar-refractivity contribution >= 4 is 11.9 Å². The molecule has 1 heterocycles. The van der Waals surface area contributed by atoms with E-state index in [4.69, 9.17) is 9.84 Å². The number of carbonyl (C=O) groups excluding carboxylic acids is 1. The first-order valence-electron chi connectivity index (χ1n) is 6.70. The lowest BCUT2D eigenvalue weighted by atomic mass is 10.1. The molecular weight excluding hydrogens is 234 g/mol. The summed E-state index contributed by atoms with van der Waals surface area (Å²) in [5.74, 6) is -0.783. The zero-order valence-electron chi connectivity index (χ0n) is 11.0. The second-order valence-electron chi connectivity index (χ2n) is 4.95. The Morgan fingerprint density at radius 2 is 2.22 bits per heavy atom. The minimum Gasteiger partial charge on any atom is -0.481 e. The molecule has 5 nitrogen and oxygen atoms in total. The monoisotopic (exact) mass is 257 g/mol. The summed E-state index contributed by atoms with van der Waals surface area (Å²) in [6.45, 7) is 2.66. The summed E-state index contributed by atoms with van der Waals surface area (Å²) in [6.07, 6.45) is 5.11. The molecule has 18 heavy (non-hydrogen) atoms. The maximum absolute atomic E-state index is 11.7. The van der Waals surface area contributed by atoms with Crippen LogP contribution in [0.5, 0.6) is 0 Å². The predicted octanol–water partition coefficient (Wildman–Crippen LogP) is 1.71. The zero-order chi connectivity index (χ0) is 13.4. The second-order valence-corrected chi connectivity index (χ2v) is 4.95. The Bertz CT molecular complexity index is 274. The van der Waals surface area contributed by atoms with Gasteiger partial charge in [0.25, 0.3) is 0 Å². The Balaban J connectivity index is 2.12. The van der Waals surface area contributed by atoms with Gasteiger partial charge in [0.05, 0.1) is 12.5 Å². The maximum atomic E-state index is 11.7. The van der Waals surface area contributed by atoms with Gasteiger partial charge in [0.2, 0.25) is 5.91 Å². The largest absolute Gasteiger partial charge is 0.481 e. The molecule has 0 aromatic rings. The van der Waals surface area contributed by atoms with E-state index in [1.165, 1.54) is 0 Å². The Kier molecular flexibility index (Phi) is 6.72. The van der Waals surface area contributed by atoms with Gasteiger partial charge in [-0.15, -0.1) is 0 Å². The molecule has 0 spiro atoms. The van der Waals surface area contributed by atoms with Crippen molar-refractivity contribution in [3.05, 3.63) is 0 Å². The van der Waals surface area contributed by atoms with E-state index in [9.17, 15) is 9.59 Å². The van der Waals surface area contributed by atoms with E-state index >= 15 is 0 Å². The number of amides is 1. The highest BCUT2D eigenvalue weighted by molar-refractivity contribution is 5.76. The van der Waals surface area contributed by atoms with Crippen LogP contribution in [-0.2, 0) is 14.3 Å². The highest BCUT2D eigenvalue weighted by Crippen LogP contribution is 2.15. The summed E-state index contributed by atoms with van der Waals surface area (Å²) in [4.78, 5) is 22.1. The fourth-order valence-electron chi connectivity index (χ4n) is 2.14. The summed E-state index contributed by atoms with van der Waals surface area (Å²) in [6, 6.07) is 0.0282. The van der Waals surface area contributed by atoms with Crippen LogP contribution in [-0.4, -0.2) is 35.7 Å². The average Bonchev–Trinajstić information content (AvgIpc) is 2.29. The minimum absolute atomic E-state index is 0.00438. The number of aliphatic carboxylic acids is 1. The van der Waals surface area contributed by atoms with Crippen molar-refractivity contribution in [3.63, 3.8) is 0 Å². The molecule has 1 amide bonds. The summed E-state index contributed by atoms with van der Waals surface area (Å²) in [5, 5.41) is 11.4. The average molecular weight is 257 g/mol. The lowest BCUT2D eigenvalue weighted by molar-refractivity contribution is -0.137. The lowest BCUT2D eigenvalue weighted by Gasteiger charge is -2.23. The Hall–Kier alpha value is -1.10. The number of nitrogens with one attached hydrogen (secondary N) is 1. The molecule has 1 fully saturated rings. The zero-order valence-corrected chi connectivity index (χ0v) is 11.0. The first-order valence-corrected chi connectivity index (χ1v) is 6.70. The quantitative estimate of drug-likeness (QED) is 0.728. The van der Waals surface area contributed by atoms with Crippen molar-refractivity contribution in [2.75, 3.05) is 6.61 Å². The molecule has 2 unspecified atom stereocenters. The fraction of sp³-hybridized carbons (Fsp3) is 0.846. The van der Waals surface area contributed by atoms with Crippen LogP contribution in [0.4, 0.5) is 0 Å². The first kappa shape index (κ1) is 15.0. The predicted molar refractivity (Wildman–Crippen MR) is 67.3 cm³/mol. The van der Waals surface area contributed by atoms with Crippen molar-refractivity contribution in [2.45, 2.75) is 64.0 Å². The van der Waals surface area contributed by atoms with Crippen LogP contribution in [0.15, 0.2) is 0 Å². The summed E-state index contributed by atoms with van der Waals surface area (Å²) >= 11 is 0. The number of carboxylic acid groups (broad SMARTS) is 1. The standard InChI is InChI=1S/C13H23NO4/c1-10(5-4-7-13(16)17)14-12(15)9-11-6-2-3-8-18-11/h10-11H,2-9H2,1H3,(H,14,15)(H,16,17). The second kappa shape index (κ2) is 8.08. The van der Waals surface area contributed by atoms with E-state index in [1.54, 1.807) is 0 Å². The topological polar surface area (TPSA) is 75.6 Å². The van der Waals surface area contributed by atoms with Gasteiger partial charge in [-0.1, -0.05) is 0 Å². The number of carbonyl (C=O) groups is 2. The summed E-state index contributed by atoms with van der Waals surface area (Å²) in [5.41, 5.74) is 0. The van der Waals surface area contributed by atoms with Gasteiger partial charge < -0.3 is 15.2 Å². The van der Waals surface area contributed by atoms with Crippen LogP contribution >= 0.6 is 0 Å². The molecule has 1 aliphatic heterocycles. The minimum atomic E-state index is -0.788. The van der Waals surface area contributed by atoms with Gasteiger partial charge in [-0.2, -0.15) is 0 Å². The van der Waals surface area contributed by atoms with E-state index in [2.05, 4.69) is 5.32 Å². The molecule has 1 rings (SSSR count). The number of hydrogen-bond acceptors (Lipinski definition) is 3. The van der Waals surface area contributed by atoms with Crippen LogP contribution in [0.25, 0.3) is 0 Å². The number of hydrogen-bond donors (Lipinski definition) is 2. The van der Waals surface area contributed by atoms with Gasteiger partial charge in [-0.25, -0.2) is 0 Å². The molecule has 2 N–H and O–H groups in total. The molecular formula is C13H23NO4. The third-order valence-electron chi connectivity index (χ3n) is 3.12. The molecule has 0 saturated carbocycles. The first-order chi connectivity index (χ1) is 8.58. The molecule has 0 radical (unpaired) electrons. The van der Waals surface area contributed by atoms with Gasteiger partial charge in [-0.05, 0) is 39.0 Å². The van der Waals surface area contributed by atoms with Crippen LogP contribution in [0.3, 0.4) is 0 Å². The maximum Gasteiger partial charge on any atom is 0.303 e. The summed E-state index contributed by atoms with van der Waals surface area (Å²) < 4.78 is 5.50. The fourth-order valence-corrected chi connectivity index (χ4v) is 2.14. The van der Waals surface area contributed by atoms with Crippen LogP contribution in [0.1, 0.15) is 51.9 Å². The third kappa shape index (κ3) is 6.59. The van der Waals surface area contributed by atoms with Crippen LogP contribution < -0.4 is 5.32 Å². The normalized spacial score (nSPS) is 21.3. The molecule has 5 heteroatoms. The van der Waals surface area contributed by atoms with Crippen molar-refractivity contribution in [3.8, 4) is 0 Å². The van der Waals surface area contributed by atoms with Crippen LogP contribution in [0.2, 0.25) is 0 Å². The van der Waals surface area contributed by atoms with Gasteiger partial charge in [0, 0.05) is 19.1 Å². The highest BCUT2D eigenvalue weighted by atomic mass is 16.5. The molecule has 104 valence electrons. The van der Waals surface area contributed by atoms with E-state index in [-0.39, 0.29) is 24.5 Å². The smallest absolute Gasteiger partial charge is 0.303 e. The number of rotatable bonds is 7. The molecule has 0 aromatic carbocycles. The van der Waals surface area contributed by atoms with E-state index in [1.807, 2.05) is 6.92 Å². The SMILES string of the molecule is CC(CCCC(=O)O)NC(=O)CC1CCCCO1. The van der Waals surface area contributed by atoms with Crippen molar-refractivity contribution in [1.82, 2.24) is 5.32 Å². The van der Waals surface area contributed by atoms with E-state index in [0.717, 1.165) is 25.9 Å². The molecule has 2 atom stereocenters. The van der Waals surface area contributed by atoms with Gasteiger partial charge in [-0.3, -0.25) is 9.59 Å². The molecule has 0 bridgehead atoms. The van der Waals surface area contributed by atoms with E-state index < -0.39 is 5.97 Å². The molecule has 0 aromatic heterocycles. The number of carboxylic acids is 1. The number of ether oxygens (including phenoxy) is 1.